The van der Waals surface area contributed by atoms with E-state index >= 15 is 0 Å². The number of benzene rings is 2. The molecule has 2 N–H and O–H groups in total. The van der Waals surface area contributed by atoms with Crippen LogP contribution in [0.2, 0.25) is 0 Å². The summed E-state index contributed by atoms with van der Waals surface area (Å²) in [5.41, 5.74) is 3.43. The van der Waals surface area contributed by atoms with Gasteiger partial charge in [-0.15, -0.1) is 13.2 Å². The van der Waals surface area contributed by atoms with Crippen molar-refractivity contribution in [2.45, 2.75) is 19.3 Å². The minimum atomic E-state index is -4.80. The van der Waals surface area contributed by atoms with Gasteiger partial charge in [-0.05, 0) is 43.3 Å². The van der Waals surface area contributed by atoms with Crippen molar-refractivity contribution in [2.24, 2.45) is 4.99 Å². The van der Waals surface area contributed by atoms with E-state index in [1.807, 2.05) is 0 Å². The van der Waals surface area contributed by atoms with E-state index in [9.17, 15) is 22.8 Å². The highest BCUT2D eigenvalue weighted by atomic mass is 19.4. The Morgan fingerprint density at radius 2 is 1.79 bits per heavy atom. The maximum atomic E-state index is 12.5. The van der Waals surface area contributed by atoms with Crippen molar-refractivity contribution < 1.29 is 27.5 Å². The van der Waals surface area contributed by atoms with Crippen LogP contribution in [-0.4, -0.2) is 30.1 Å². The fraction of sp³-hybridized carbons (Fsp3) is 0.167. The van der Waals surface area contributed by atoms with E-state index in [-0.39, 0.29) is 17.4 Å². The highest BCUT2D eigenvalue weighted by Gasteiger charge is 2.32. The zero-order valence-electron chi connectivity index (χ0n) is 14.5. The third-order valence-corrected chi connectivity index (χ3v) is 3.69. The molecule has 0 aromatic heterocycles. The Morgan fingerprint density at radius 3 is 2.39 bits per heavy atom. The molecular formula is C18H15F3N4O3. The maximum Gasteiger partial charge on any atom is 0.573 e. The van der Waals surface area contributed by atoms with Crippen LogP contribution in [-0.2, 0) is 9.59 Å². The number of amides is 2. The van der Waals surface area contributed by atoms with Crippen molar-refractivity contribution >= 4 is 29.0 Å². The van der Waals surface area contributed by atoms with E-state index in [0.717, 1.165) is 12.1 Å². The van der Waals surface area contributed by atoms with Gasteiger partial charge in [0, 0.05) is 5.69 Å². The quantitative estimate of drug-likeness (QED) is 0.838. The minimum Gasteiger partial charge on any atom is -0.406 e. The topological polar surface area (TPSA) is 83.0 Å². The number of para-hydroxylation sites is 1. The standard InChI is InChI=1S/C18H15F3N4O3/c1-11-17(27)25(13-5-3-2-4-6-13)24-15(22-11)16(26)23-12-7-9-14(10-8-12)28-18(19,20)21/h2-11H,1H3,(H,22,24)(H,23,26). The molecule has 28 heavy (non-hydrogen) atoms. The Hall–Kier alpha value is -3.56. The second-order valence-corrected chi connectivity index (χ2v) is 5.80. The molecule has 0 bridgehead atoms. The van der Waals surface area contributed by atoms with Crippen LogP contribution < -0.4 is 20.5 Å². The Bertz CT molecular complexity index is 899. The van der Waals surface area contributed by atoms with Gasteiger partial charge in [-0.2, -0.15) is 0 Å². The molecule has 10 heteroatoms. The largest absolute Gasteiger partial charge is 0.573 e. The van der Waals surface area contributed by atoms with Crippen LogP contribution in [0.15, 0.2) is 59.6 Å². The average molecular weight is 392 g/mol. The summed E-state index contributed by atoms with van der Waals surface area (Å²) in [5, 5.41) is 3.72. The number of halogens is 3. The molecule has 1 aliphatic rings. The van der Waals surface area contributed by atoms with Crippen molar-refractivity contribution in [3.63, 3.8) is 0 Å². The first-order chi connectivity index (χ1) is 13.2. The SMILES string of the molecule is CC1N=C(C(=O)Nc2ccc(OC(F)(F)F)cc2)NN(c2ccccc2)C1=O. The molecule has 2 amide bonds. The summed E-state index contributed by atoms with van der Waals surface area (Å²) in [6.45, 7) is 1.55. The number of alkyl halides is 3. The second-order valence-electron chi connectivity index (χ2n) is 5.80. The summed E-state index contributed by atoms with van der Waals surface area (Å²) in [4.78, 5) is 28.8. The molecule has 1 heterocycles. The first-order valence-corrected chi connectivity index (χ1v) is 8.13. The smallest absolute Gasteiger partial charge is 0.406 e. The van der Waals surface area contributed by atoms with E-state index in [4.69, 9.17) is 0 Å². The normalized spacial score (nSPS) is 16.9. The van der Waals surface area contributed by atoms with Crippen LogP contribution in [0, 0.1) is 0 Å². The van der Waals surface area contributed by atoms with Crippen LogP contribution >= 0.6 is 0 Å². The third-order valence-electron chi connectivity index (χ3n) is 3.69. The Morgan fingerprint density at radius 1 is 1.14 bits per heavy atom. The molecule has 146 valence electrons. The number of aliphatic imine (C=N–C) groups is 1. The van der Waals surface area contributed by atoms with Gasteiger partial charge in [0.15, 0.2) is 0 Å². The van der Waals surface area contributed by atoms with Gasteiger partial charge in [-0.1, -0.05) is 18.2 Å². The molecule has 0 radical (unpaired) electrons. The summed E-state index contributed by atoms with van der Waals surface area (Å²) < 4.78 is 40.3. The molecule has 2 aromatic rings. The molecule has 3 rings (SSSR count). The third kappa shape index (κ3) is 4.58. The molecule has 1 aliphatic heterocycles. The van der Waals surface area contributed by atoms with Gasteiger partial charge in [-0.3, -0.25) is 15.0 Å². The zero-order valence-corrected chi connectivity index (χ0v) is 14.5. The number of hydrogen-bond acceptors (Lipinski definition) is 5. The van der Waals surface area contributed by atoms with Crippen LogP contribution in [0.4, 0.5) is 24.5 Å². The summed E-state index contributed by atoms with van der Waals surface area (Å²) in [6, 6.07) is 12.5. The van der Waals surface area contributed by atoms with Gasteiger partial charge in [0.05, 0.1) is 5.69 Å². The van der Waals surface area contributed by atoms with Gasteiger partial charge >= 0.3 is 6.36 Å². The van der Waals surface area contributed by atoms with E-state index in [2.05, 4.69) is 20.5 Å². The summed E-state index contributed by atoms with van der Waals surface area (Å²) >= 11 is 0. The summed E-state index contributed by atoms with van der Waals surface area (Å²) in [6.07, 6.45) is -4.80. The first kappa shape index (κ1) is 19.2. The van der Waals surface area contributed by atoms with Crippen LogP contribution in [0.1, 0.15) is 6.92 Å². The number of carbonyl (C=O) groups excluding carboxylic acids is 2. The number of hydrogen-bond donors (Lipinski definition) is 2. The van der Waals surface area contributed by atoms with E-state index in [1.165, 1.54) is 17.1 Å². The molecule has 7 nitrogen and oxygen atoms in total. The van der Waals surface area contributed by atoms with Crippen molar-refractivity contribution in [3.05, 3.63) is 54.6 Å². The van der Waals surface area contributed by atoms with Gasteiger partial charge in [0.25, 0.3) is 11.8 Å². The van der Waals surface area contributed by atoms with E-state index < -0.39 is 24.1 Å². The highest BCUT2D eigenvalue weighted by molar-refractivity contribution is 6.43. The lowest BCUT2D eigenvalue weighted by Gasteiger charge is -2.30. The number of ether oxygens (including phenoxy) is 1. The molecule has 1 unspecified atom stereocenters. The van der Waals surface area contributed by atoms with Gasteiger partial charge < -0.3 is 10.1 Å². The van der Waals surface area contributed by atoms with Crippen molar-refractivity contribution in [2.75, 3.05) is 10.3 Å². The Balaban J connectivity index is 1.71. The predicted molar refractivity (Wildman–Crippen MR) is 95.7 cm³/mol. The molecular weight excluding hydrogens is 377 g/mol. The lowest BCUT2D eigenvalue weighted by molar-refractivity contribution is -0.274. The van der Waals surface area contributed by atoms with Gasteiger partial charge in [-0.25, -0.2) is 10.0 Å². The number of nitrogens with one attached hydrogen (secondary N) is 2. The number of hydrazine groups is 1. The monoisotopic (exact) mass is 392 g/mol. The predicted octanol–water partition coefficient (Wildman–Crippen LogP) is 2.86. The molecule has 1 atom stereocenters. The van der Waals surface area contributed by atoms with Crippen molar-refractivity contribution in [1.29, 1.82) is 0 Å². The fourth-order valence-electron chi connectivity index (χ4n) is 2.43. The molecule has 0 saturated carbocycles. The van der Waals surface area contributed by atoms with Crippen LogP contribution in [0.25, 0.3) is 0 Å². The minimum absolute atomic E-state index is 0.105. The Labute approximate surface area is 157 Å². The van der Waals surface area contributed by atoms with E-state index in [0.29, 0.717) is 5.69 Å². The molecule has 0 fully saturated rings. The van der Waals surface area contributed by atoms with Gasteiger partial charge in [0.1, 0.15) is 11.8 Å². The lowest BCUT2D eigenvalue weighted by Crippen LogP contribution is -2.57. The molecule has 0 aliphatic carbocycles. The summed E-state index contributed by atoms with van der Waals surface area (Å²) in [7, 11) is 0. The summed E-state index contributed by atoms with van der Waals surface area (Å²) in [5.74, 6) is -1.50. The highest BCUT2D eigenvalue weighted by Crippen LogP contribution is 2.24. The molecule has 2 aromatic carbocycles. The first-order valence-electron chi connectivity index (χ1n) is 8.13. The van der Waals surface area contributed by atoms with Crippen molar-refractivity contribution in [1.82, 2.24) is 5.43 Å². The number of rotatable bonds is 4. The average Bonchev–Trinajstić information content (AvgIpc) is 2.65. The van der Waals surface area contributed by atoms with Crippen LogP contribution in [0.3, 0.4) is 0 Å². The molecule has 0 spiro atoms. The Kier molecular flexibility index (Phi) is 5.21. The lowest BCUT2D eigenvalue weighted by atomic mass is 10.2. The number of anilines is 2. The van der Waals surface area contributed by atoms with Crippen LogP contribution in [0.5, 0.6) is 5.75 Å². The zero-order chi connectivity index (χ0) is 20.3. The van der Waals surface area contributed by atoms with Crippen molar-refractivity contribution in [3.8, 4) is 5.75 Å². The molecule has 0 saturated heterocycles. The number of carbonyl (C=O) groups is 2. The number of amidine groups is 1. The van der Waals surface area contributed by atoms with Gasteiger partial charge in [0.2, 0.25) is 5.84 Å². The van der Waals surface area contributed by atoms with E-state index in [1.54, 1.807) is 37.3 Å². The second kappa shape index (κ2) is 7.59. The maximum absolute atomic E-state index is 12.5. The number of nitrogens with zero attached hydrogens (tertiary/aromatic N) is 2. The fourth-order valence-corrected chi connectivity index (χ4v) is 2.43.